The monoisotopic (exact) mass is 695 g/mol. The highest BCUT2D eigenvalue weighted by Gasteiger charge is 2.61. The molecule has 0 saturated heterocycles. The van der Waals surface area contributed by atoms with Crippen molar-refractivity contribution in [2.45, 2.75) is 64.4 Å². The van der Waals surface area contributed by atoms with Crippen molar-refractivity contribution in [2.75, 3.05) is 0 Å². The second-order valence-corrected chi connectivity index (χ2v) is 15.8. The summed E-state index contributed by atoms with van der Waals surface area (Å²) < 4.78 is 18.7. The molecule has 0 radical (unpaired) electrons. The van der Waals surface area contributed by atoms with Crippen LogP contribution in [0, 0.1) is 26.9 Å². The zero-order valence-electron chi connectivity index (χ0n) is 29.3. The van der Waals surface area contributed by atoms with Gasteiger partial charge in [0.05, 0.1) is 10.5 Å². The van der Waals surface area contributed by atoms with Crippen LogP contribution in [-0.2, 0) is 12.0 Å². The van der Waals surface area contributed by atoms with Gasteiger partial charge >= 0.3 is 11.7 Å². The van der Waals surface area contributed by atoms with Crippen LogP contribution in [0.5, 0.6) is 28.7 Å². The Bertz CT molecular complexity index is 2130. The summed E-state index contributed by atoms with van der Waals surface area (Å²) in [5.74, 6) is 2.29. The Balaban J connectivity index is 1.07. The van der Waals surface area contributed by atoms with Gasteiger partial charge in [0, 0.05) is 23.1 Å². The minimum Gasteiger partial charge on any atom is -0.482 e. The van der Waals surface area contributed by atoms with Crippen LogP contribution in [-0.4, -0.2) is 16.0 Å². The number of ether oxygens (including phenoxy) is 3. The lowest BCUT2D eigenvalue weighted by atomic mass is 9.39. The van der Waals surface area contributed by atoms with E-state index in [1.54, 1.807) is 36.4 Å². The molecule has 52 heavy (non-hydrogen) atoms. The Labute approximate surface area is 303 Å². The fourth-order valence-corrected chi connectivity index (χ4v) is 10.2. The van der Waals surface area contributed by atoms with Crippen molar-refractivity contribution < 1.29 is 29.0 Å². The van der Waals surface area contributed by atoms with E-state index in [2.05, 4.69) is 32.0 Å². The molecule has 4 fully saturated rings. The summed E-state index contributed by atoms with van der Waals surface area (Å²) >= 11 is 0. The SMILES string of the molecule is CC12CC3CC(C)(C1)CC(c1ccc(-c4ccc(Oc5ccc([N+](=O)[O-])c(OCc6ccccc6)c5)cc4)cc1Oc1ccc(C(=O)O)cc1)(C3)C2. The predicted octanol–water partition coefficient (Wildman–Crippen LogP) is 11.4. The van der Waals surface area contributed by atoms with E-state index < -0.39 is 10.9 Å². The standard InChI is InChI=1S/C44H41NO7/c1-42-22-30-23-43(2,26-42)28-44(24-30,27-42)37-18-12-33(20-39(37)52-35-15-10-32(11-16-35)41(46)47)31-8-13-34(14-9-31)51-36-17-19-38(45(48)49)40(21-36)50-25-29-6-4-3-5-7-29/h3-21,30H,22-28H2,1-2H3,(H,46,47). The van der Waals surface area contributed by atoms with Gasteiger partial charge in [-0.1, -0.05) is 68.4 Å². The number of carbonyl (C=O) groups is 1. The van der Waals surface area contributed by atoms with Gasteiger partial charge < -0.3 is 19.3 Å². The molecule has 1 N–H and O–H groups in total. The van der Waals surface area contributed by atoms with E-state index >= 15 is 0 Å². The topological polar surface area (TPSA) is 108 Å². The molecule has 2 unspecified atom stereocenters. The summed E-state index contributed by atoms with van der Waals surface area (Å²) in [6.45, 7) is 5.14. The molecular weight excluding hydrogens is 654 g/mol. The zero-order chi connectivity index (χ0) is 36.1. The molecule has 4 aliphatic carbocycles. The molecule has 4 bridgehead atoms. The zero-order valence-corrected chi connectivity index (χ0v) is 29.3. The Morgan fingerprint density at radius 1 is 0.731 bits per heavy atom. The number of hydrogen-bond acceptors (Lipinski definition) is 6. The van der Waals surface area contributed by atoms with Gasteiger partial charge in [0.1, 0.15) is 29.6 Å². The van der Waals surface area contributed by atoms with E-state index in [0.717, 1.165) is 35.3 Å². The third-order valence-corrected chi connectivity index (χ3v) is 11.3. The number of carboxylic acids is 1. The number of nitro groups is 1. The second kappa shape index (κ2) is 12.9. The molecule has 0 heterocycles. The van der Waals surface area contributed by atoms with E-state index in [9.17, 15) is 20.0 Å². The number of nitrogens with zero attached hydrogens (tertiary/aromatic N) is 1. The van der Waals surface area contributed by atoms with Gasteiger partial charge in [-0.05, 0) is 120 Å². The Kier molecular flexibility index (Phi) is 8.28. The molecule has 264 valence electrons. The first kappa shape index (κ1) is 33.5. The quantitative estimate of drug-likeness (QED) is 0.108. The minimum absolute atomic E-state index is 0.0316. The molecule has 8 heteroatoms. The van der Waals surface area contributed by atoms with Crippen LogP contribution < -0.4 is 14.2 Å². The lowest BCUT2D eigenvalue weighted by molar-refractivity contribution is -0.386. The van der Waals surface area contributed by atoms with Crippen molar-refractivity contribution in [2.24, 2.45) is 16.7 Å². The fraction of sp³-hybridized carbons (Fsp3) is 0.295. The second-order valence-electron chi connectivity index (χ2n) is 15.8. The average Bonchev–Trinajstić information content (AvgIpc) is 3.10. The van der Waals surface area contributed by atoms with E-state index in [1.807, 2.05) is 54.6 Å². The molecule has 9 rings (SSSR count). The molecule has 5 aromatic rings. The minimum atomic E-state index is -0.970. The van der Waals surface area contributed by atoms with Crippen molar-refractivity contribution in [1.29, 1.82) is 0 Å². The molecule has 0 aliphatic heterocycles. The number of carboxylic acid groups (broad SMARTS) is 1. The van der Waals surface area contributed by atoms with E-state index in [1.165, 1.54) is 37.3 Å². The first-order chi connectivity index (χ1) is 25.0. The third-order valence-electron chi connectivity index (χ3n) is 11.3. The van der Waals surface area contributed by atoms with E-state index in [-0.39, 0.29) is 29.0 Å². The number of hydrogen-bond donors (Lipinski definition) is 1. The van der Waals surface area contributed by atoms with Gasteiger partial charge in [-0.15, -0.1) is 0 Å². The third kappa shape index (κ3) is 6.61. The van der Waals surface area contributed by atoms with Crippen LogP contribution in [0.4, 0.5) is 5.69 Å². The Morgan fingerprint density at radius 2 is 1.37 bits per heavy atom. The Hall–Kier alpha value is -5.63. The van der Waals surface area contributed by atoms with Crippen molar-refractivity contribution in [3.05, 3.63) is 142 Å². The number of rotatable bonds is 11. The molecule has 0 aromatic heterocycles. The van der Waals surface area contributed by atoms with Crippen molar-refractivity contribution in [1.82, 2.24) is 0 Å². The highest BCUT2D eigenvalue weighted by atomic mass is 16.6. The first-order valence-electron chi connectivity index (χ1n) is 17.9. The summed E-state index contributed by atoms with van der Waals surface area (Å²) in [6.07, 6.45) is 7.33. The first-order valence-corrected chi connectivity index (χ1v) is 17.9. The summed E-state index contributed by atoms with van der Waals surface area (Å²) in [5.41, 5.74) is 4.87. The van der Waals surface area contributed by atoms with Gasteiger partial charge in [0.15, 0.2) is 0 Å². The largest absolute Gasteiger partial charge is 0.482 e. The van der Waals surface area contributed by atoms with Gasteiger partial charge in [-0.3, -0.25) is 10.1 Å². The maximum absolute atomic E-state index is 11.7. The van der Waals surface area contributed by atoms with Crippen LogP contribution in [0.1, 0.15) is 73.9 Å². The van der Waals surface area contributed by atoms with E-state index in [4.69, 9.17) is 14.2 Å². The lowest BCUT2D eigenvalue weighted by Gasteiger charge is -2.65. The summed E-state index contributed by atoms with van der Waals surface area (Å²) in [6, 6.07) is 34.9. The van der Waals surface area contributed by atoms with E-state index in [0.29, 0.717) is 34.0 Å². The molecule has 4 aliphatic rings. The molecule has 0 spiro atoms. The maximum atomic E-state index is 11.7. The molecule has 8 nitrogen and oxygen atoms in total. The van der Waals surface area contributed by atoms with Gasteiger partial charge in [0.2, 0.25) is 5.75 Å². The van der Waals surface area contributed by atoms with Crippen molar-refractivity contribution in [3.63, 3.8) is 0 Å². The predicted molar refractivity (Wildman–Crippen MR) is 198 cm³/mol. The van der Waals surface area contributed by atoms with Gasteiger partial charge in [-0.25, -0.2) is 4.79 Å². The summed E-state index contributed by atoms with van der Waals surface area (Å²) in [7, 11) is 0. The summed E-state index contributed by atoms with van der Waals surface area (Å²) in [5, 5.41) is 21.1. The molecule has 2 atom stereocenters. The van der Waals surface area contributed by atoms with Crippen LogP contribution in [0.25, 0.3) is 11.1 Å². The number of benzene rings is 5. The number of aromatic carboxylic acids is 1. The lowest BCUT2D eigenvalue weighted by Crippen LogP contribution is -2.56. The van der Waals surface area contributed by atoms with Crippen LogP contribution >= 0.6 is 0 Å². The molecule has 4 saturated carbocycles. The van der Waals surface area contributed by atoms with Crippen molar-refractivity contribution >= 4 is 11.7 Å². The van der Waals surface area contributed by atoms with Crippen LogP contribution in [0.2, 0.25) is 0 Å². The van der Waals surface area contributed by atoms with Gasteiger partial charge in [-0.2, -0.15) is 0 Å². The average molecular weight is 696 g/mol. The van der Waals surface area contributed by atoms with Crippen molar-refractivity contribution in [3.8, 4) is 39.9 Å². The summed E-state index contributed by atoms with van der Waals surface area (Å²) in [4.78, 5) is 22.8. The normalized spacial score (nSPS) is 24.3. The van der Waals surface area contributed by atoms with Crippen LogP contribution in [0.15, 0.2) is 115 Å². The highest BCUT2D eigenvalue weighted by molar-refractivity contribution is 5.87. The highest BCUT2D eigenvalue weighted by Crippen LogP contribution is 2.70. The fourth-order valence-electron chi connectivity index (χ4n) is 10.2. The van der Waals surface area contributed by atoms with Gasteiger partial charge in [0.25, 0.3) is 0 Å². The molecule has 0 amide bonds. The molecular formula is C44H41NO7. The maximum Gasteiger partial charge on any atom is 0.335 e. The Morgan fingerprint density at radius 3 is 2.02 bits per heavy atom. The van der Waals surface area contributed by atoms with Crippen LogP contribution in [0.3, 0.4) is 0 Å². The molecule has 5 aromatic carbocycles. The number of nitro benzene ring substituents is 1. The smallest absolute Gasteiger partial charge is 0.335 e.